The van der Waals surface area contributed by atoms with Crippen LogP contribution in [0, 0.1) is 0 Å². The predicted octanol–water partition coefficient (Wildman–Crippen LogP) is 4.26. The normalized spacial score (nSPS) is 10.1. The van der Waals surface area contributed by atoms with E-state index in [1.165, 1.54) is 0 Å². The second-order valence-electron chi connectivity index (χ2n) is 3.65. The summed E-state index contributed by atoms with van der Waals surface area (Å²) in [6, 6.07) is 13.8. The highest BCUT2D eigenvalue weighted by molar-refractivity contribution is 6.34. The van der Waals surface area contributed by atoms with Crippen molar-refractivity contribution in [2.75, 3.05) is 6.61 Å². The molecule has 92 valence electrons. The van der Waals surface area contributed by atoms with Crippen LogP contribution in [0.1, 0.15) is 10.4 Å². The van der Waals surface area contributed by atoms with Crippen molar-refractivity contribution in [2.24, 2.45) is 0 Å². The Balaban J connectivity index is 2.04. The van der Waals surface area contributed by atoms with Gasteiger partial charge in [0.1, 0.15) is 5.75 Å². The average Bonchev–Trinajstić information content (AvgIpc) is 2.40. The molecular formula is C14H10Cl2O2. The number of hydrogen-bond donors (Lipinski definition) is 0. The zero-order chi connectivity index (χ0) is 13.0. The van der Waals surface area contributed by atoms with Crippen molar-refractivity contribution in [2.45, 2.75) is 0 Å². The van der Waals surface area contributed by atoms with Crippen LogP contribution in [0.15, 0.2) is 48.5 Å². The molecule has 0 atom stereocenters. The number of ketones is 1. The summed E-state index contributed by atoms with van der Waals surface area (Å²) < 4.78 is 5.37. The molecule has 0 aliphatic carbocycles. The quantitative estimate of drug-likeness (QED) is 0.783. The molecule has 0 radical (unpaired) electrons. The van der Waals surface area contributed by atoms with Crippen molar-refractivity contribution < 1.29 is 9.53 Å². The van der Waals surface area contributed by atoms with E-state index in [2.05, 4.69) is 0 Å². The maximum absolute atomic E-state index is 11.8. The van der Waals surface area contributed by atoms with Crippen molar-refractivity contribution in [1.82, 2.24) is 0 Å². The third kappa shape index (κ3) is 3.25. The molecule has 2 aromatic carbocycles. The molecule has 4 heteroatoms. The van der Waals surface area contributed by atoms with Gasteiger partial charge in [-0.3, -0.25) is 4.79 Å². The van der Waals surface area contributed by atoms with Gasteiger partial charge in [-0.05, 0) is 12.1 Å². The summed E-state index contributed by atoms with van der Waals surface area (Å²) in [5, 5.41) is 0.946. The third-order valence-corrected chi connectivity index (χ3v) is 2.90. The first-order valence-corrected chi connectivity index (χ1v) is 6.08. The Bertz CT molecular complexity index is 553. The van der Waals surface area contributed by atoms with Crippen LogP contribution in [0.4, 0.5) is 0 Å². The van der Waals surface area contributed by atoms with Gasteiger partial charge in [-0.2, -0.15) is 0 Å². The lowest BCUT2D eigenvalue weighted by molar-refractivity contribution is 0.0921. The molecular weight excluding hydrogens is 271 g/mol. The van der Waals surface area contributed by atoms with E-state index < -0.39 is 0 Å². The lowest BCUT2D eigenvalue weighted by atomic mass is 10.1. The predicted molar refractivity (Wildman–Crippen MR) is 72.7 cm³/mol. The van der Waals surface area contributed by atoms with Crippen LogP contribution in [0.3, 0.4) is 0 Å². The fraction of sp³-hybridized carbons (Fsp3) is 0.0714. The van der Waals surface area contributed by atoms with Crippen molar-refractivity contribution in [3.05, 3.63) is 64.1 Å². The number of benzene rings is 2. The molecule has 0 unspecified atom stereocenters. The van der Waals surface area contributed by atoms with Gasteiger partial charge in [0.05, 0.1) is 5.02 Å². The molecule has 0 saturated heterocycles. The molecule has 0 aliphatic rings. The van der Waals surface area contributed by atoms with E-state index in [0.717, 1.165) is 0 Å². The van der Waals surface area contributed by atoms with Gasteiger partial charge in [-0.1, -0.05) is 53.5 Å². The molecule has 2 nitrogen and oxygen atoms in total. The first-order chi connectivity index (χ1) is 8.66. The first-order valence-electron chi connectivity index (χ1n) is 5.33. The number of ether oxygens (including phenoxy) is 1. The van der Waals surface area contributed by atoms with Crippen molar-refractivity contribution in [3.63, 3.8) is 0 Å². The van der Waals surface area contributed by atoms with Gasteiger partial charge in [-0.25, -0.2) is 0 Å². The Labute approximate surface area is 115 Å². The highest BCUT2D eigenvalue weighted by Gasteiger charge is 2.08. The number of halogens is 2. The molecule has 0 aromatic heterocycles. The van der Waals surface area contributed by atoms with Crippen molar-refractivity contribution in [1.29, 1.82) is 0 Å². The van der Waals surface area contributed by atoms with Crippen LogP contribution in [-0.4, -0.2) is 12.4 Å². The summed E-state index contributed by atoms with van der Waals surface area (Å²) in [7, 11) is 0. The summed E-state index contributed by atoms with van der Waals surface area (Å²) in [6.45, 7) is -0.0654. The van der Waals surface area contributed by atoms with Crippen molar-refractivity contribution in [3.8, 4) is 5.75 Å². The summed E-state index contributed by atoms with van der Waals surface area (Å²) in [6.07, 6.45) is 0. The van der Waals surface area contributed by atoms with E-state index in [1.807, 2.05) is 6.07 Å². The van der Waals surface area contributed by atoms with Gasteiger partial charge in [-0.15, -0.1) is 0 Å². The summed E-state index contributed by atoms with van der Waals surface area (Å²) in [5.74, 6) is 0.306. The molecule has 2 aromatic rings. The topological polar surface area (TPSA) is 26.3 Å². The van der Waals surface area contributed by atoms with E-state index in [9.17, 15) is 4.79 Å². The Kier molecular flexibility index (Phi) is 4.24. The summed E-state index contributed by atoms with van der Waals surface area (Å²) in [4.78, 5) is 11.8. The van der Waals surface area contributed by atoms with E-state index in [1.54, 1.807) is 42.5 Å². The molecule has 0 saturated carbocycles. The second-order valence-corrected chi connectivity index (χ2v) is 4.50. The van der Waals surface area contributed by atoms with Gasteiger partial charge in [0.15, 0.2) is 12.4 Å². The van der Waals surface area contributed by atoms with E-state index >= 15 is 0 Å². The minimum absolute atomic E-state index is 0.0654. The number of Topliss-reactive ketones (excluding diaryl/α,β-unsaturated/α-hetero) is 1. The van der Waals surface area contributed by atoms with Gasteiger partial charge in [0, 0.05) is 16.7 Å². The molecule has 0 spiro atoms. The molecule has 0 N–H and O–H groups in total. The molecule has 0 bridgehead atoms. The summed E-state index contributed by atoms with van der Waals surface area (Å²) >= 11 is 11.8. The average molecular weight is 281 g/mol. The molecule has 0 fully saturated rings. The summed E-state index contributed by atoms with van der Waals surface area (Å²) in [5.41, 5.74) is 0.607. The van der Waals surface area contributed by atoms with Crippen LogP contribution in [0.5, 0.6) is 5.75 Å². The van der Waals surface area contributed by atoms with Crippen LogP contribution in [0.2, 0.25) is 10.0 Å². The minimum Gasteiger partial charge on any atom is -0.484 e. The Morgan fingerprint density at radius 2 is 1.78 bits per heavy atom. The highest BCUT2D eigenvalue weighted by Crippen LogP contribution is 2.27. The fourth-order valence-electron chi connectivity index (χ4n) is 1.44. The first kappa shape index (κ1) is 12.9. The van der Waals surface area contributed by atoms with Crippen LogP contribution < -0.4 is 4.74 Å². The maximum atomic E-state index is 11.8. The second kappa shape index (κ2) is 5.89. The lowest BCUT2D eigenvalue weighted by Gasteiger charge is -2.07. The monoisotopic (exact) mass is 280 g/mol. The molecule has 0 amide bonds. The fourth-order valence-corrected chi connectivity index (χ4v) is 1.77. The smallest absolute Gasteiger partial charge is 0.200 e. The van der Waals surface area contributed by atoms with E-state index in [-0.39, 0.29) is 12.4 Å². The third-order valence-electron chi connectivity index (χ3n) is 2.35. The Morgan fingerprint density at radius 3 is 2.50 bits per heavy atom. The Morgan fingerprint density at radius 1 is 1.06 bits per heavy atom. The van der Waals surface area contributed by atoms with Gasteiger partial charge < -0.3 is 4.74 Å². The van der Waals surface area contributed by atoms with Crippen LogP contribution in [0.25, 0.3) is 0 Å². The number of carbonyl (C=O) groups is 1. The largest absolute Gasteiger partial charge is 0.484 e. The number of carbonyl (C=O) groups excluding carboxylic acids is 1. The standard InChI is InChI=1S/C14H10Cl2O2/c15-11-6-7-12(16)14(8-11)18-9-13(17)10-4-2-1-3-5-10/h1-8H,9H2. The number of rotatable bonds is 4. The minimum atomic E-state index is -0.105. The van der Waals surface area contributed by atoms with Crippen LogP contribution in [-0.2, 0) is 0 Å². The lowest BCUT2D eigenvalue weighted by Crippen LogP contribution is -2.11. The van der Waals surface area contributed by atoms with E-state index in [0.29, 0.717) is 21.4 Å². The zero-order valence-corrected chi connectivity index (χ0v) is 10.9. The molecule has 0 aliphatic heterocycles. The molecule has 0 heterocycles. The van der Waals surface area contributed by atoms with Crippen molar-refractivity contribution >= 4 is 29.0 Å². The van der Waals surface area contributed by atoms with Gasteiger partial charge >= 0.3 is 0 Å². The van der Waals surface area contributed by atoms with Gasteiger partial charge in [0.2, 0.25) is 0 Å². The van der Waals surface area contributed by atoms with Gasteiger partial charge in [0.25, 0.3) is 0 Å². The molecule has 2 rings (SSSR count). The highest BCUT2D eigenvalue weighted by atomic mass is 35.5. The SMILES string of the molecule is O=C(COc1cc(Cl)ccc1Cl)c1ccccc1. The number of hydrogen-bond acceptors (Lipinski definition) is 2. The molecule has 18 heavy (non-hydrogen) atoms. The zero-order valence-electron chi connectivity index (χ0n) is 9.40. The van der Waals surface area contributed by atoms with Crippen LogP contribution >= 0.6 is 23.2 Å². The Hall–Kier alpha value is -1.51. The van der Waals surface area contributed by atoms with E-state index in [4.69, 9.17) is 27.9 Å². The maximum Gasteiger partial charge on any atom is 0.200 e.